The lowest BCUT2D eigenvalue weighted by Gasteiger charge is -2.05. The first-order valence-electron chi connectivity index (χ1n) is 4.76. The van der Waals surface area contributed by atoms with Crippen LogP contribution in [0.3, 0.4) is 0 Å². The Kier molecular flexibility index (Phi) is 2.77. The van der Waals surface area contributed by atoms with Crippen LogP contribution < -0.4 is 5.32 Å². The van der Waals surface area contributed by atoms with E-state index in [9.17, 15) is 9.59 Å². The van der Waals surface area contributed by atoms with E-state index in [1.807, 2.05) is 0 Å². The summed E-state index contributed by atoms with van der Waals surface area (Å²) in [5.74, 6) is -0.911. The third-order valence-corrected chi connectivity index (χ3v) is 2.09. The molecule has 0 aliphatic carbocycles. The lowest BCUT2D eigenvalue weighted by Crippen LogP contribution is -2.29. The summed E-state index contributed by atoms with van der Waals surface area (Å²) in [6.45, 7) is 1.68. The van der Waals surface area contributed by atoms with E-state index in [0.717, 1.165) is 0 Å². The summed E-state index contributed by atoms with van der Waals surface area (Å²) in [6, 6.07) is 1.53. The molecule has 1 aromatic heterocycles. The minimum Gasteiger partial charge on any atom is -0.477 e. The fraction of sp³-hybridized carbons (Fsp3) is 0.333. The highest BCUT2D eigenvalue weighted by molar-refractivity contribution is 6.36. The second kappa shape index (κ2) is 4.24. The molecule has 2 N–H and O–H groups in total. The minimum atomic E-state index is -1.20. The topological polar surface area (TPSA) is 114 Å². The van der Waals surface area contributed by atoms with E-state index in [1.165, 1.54) is 6.07 Å². The molecule has 2 rings (SSSR count). The minimum absolute atomic E-state index is 0.0714. The van der Waals surface area contributed by atoms with Crippen molar-refractivity contribution in [2.24, 2.45) is 5.16 Å². The molecule has 90 valence electrons. The maximum atomic E-state index is 11.6. The van der Waals surface area contributed by atoms with Crippen LogP contribution in [-0.4, -0.2) is 34.0 Å². The van der Waals surface area contributed by atoms with Gasteiger partial charge in [0.05, 0.1) is 0 Å². The van der Waals surface area contributed by atoms with Gasteiger partial charge >= 0.3 is 5.97 Å². The van der Waals surface area contributed by atoms with Gasteiger partial charge in [-0.1, -0.05) is 10.3 Å². The smallest absolute Gasteiger partial charge is 0.353 e. The summed E-state index contributed by atoms with van der Waals surface area (Å²) in [6.07, 6.45) is -1.02. The molecule has 0 bridgehead atoms. The van der Waals surface area contributed by atoms with Crippen LogP contribution in [0.4, 0.5) is 5.82 Å². The van der Waals surface area contributed by atoms with Crippen LogP contribution in [0.2, 0.25) is 0 Å². The molecule has 0 spiro atoms. The van der Waals surface area contributed by atoms with Gasteiger partial charge in [0.2, 0.25) is 6.10 Å². The zero-order chi connectivity index (χ0) is 12.4. The van der Waals surface area contributed by atoms with Gasteiger partial charge in [-0.2, -0.15) is 0 Å². The Morgan fingerprint density at radius 2 is 2.35 bits per heavy atom. The summed E-state index contributed by atoms with van der Waals surface area (Å²) in [4.78, 5) is 26.9. The van der Waals surface area contributed by atoms with Crippen LogP contribution in [0.15, 0.2) is 15.7 Å². The number of aromatic nitrogens is 1. The van der Waals surface area contributed by atoms with Crippen molar-refractivity contribution in [2.75, 3.05) is 5.32 Å². The summed E-state index contributed by atoms with van der Waals surface area (Å²) in [5.41, 5.74) is -0.179. The molecule has 1 aromatic rings. The lowest BCUT2D eigenvalue weighted by atomic mass is 10.2. The first-order valence-corrected chi connectivity index (χ1v) is 4.76. The van der Waals surface area contributed by atoms with Gasteiger partial charge in [-0.05, 0) is 6.92 Å². The van der Waals surface area contributed by atoms with Crippen molar-refractivity contribution in [3.8, 4) is 0 Å². The highest BCUT2D eigenvalue weighted by Gasteiger charge is 2.31. The number of carboxylic acids is 1. The van der Waals surface area contributed by atoms with Crippen LogP contribution in [0.25, 0.3) is 0 Å². The number of carboxylic acid groups (broad SMARTS) is 1. The number of carbonyl (C=O) groups excluding carboxylic acids is 1. The number of hydrogen-bond acceptors (Lipinski definition) is 6. The van der Waals surface area contributed by atoms with E-state index >= 15 is 0 Å². The van der Waals surface area contributed by atoms with E-state index in [-0.39, 0.29) is 18.0 Å². The van der Waals surface area contributed by atoms with Crippen molar-refractivity contribution in [3.05, 3.63) is 11.8 Å². The summed E-state index contributed by atoms with van der Waals surface area (Å²) in [7, 11) is 0. The molecule has 1 aliphatic rings. The third kappa shape index (κ3) is 2.41. The molecular weight excluding hydrogens is 230 g/mol. The molecule has 8 nitrogen and oxygen atoms in total. The number of nitrogens with one attached hydrogen (secondary N) is 1. The molecule has 0 aromatic carbocycles. The number of carbonyl (C=O) groups is 2. The van der Waals surface area contributed by atoms with E-state index in [2.05, 4.69) is 15.6 Å². The van der Waals surface area contributed by atoms with Crippen molar-refractivity contribution >= 4 is 23.4 Å². The summed E-state index contributed by atoms with van der Waals surface area (Å²) < 4.78 is 4.76. The fourth-order valence-corrected chi connectivity index (χ4v) is 1.28. The Hall–Kier alpha value is -2.38. The average Bonchev–Trinajstić information content (AvgIpc) is 2.86. The number of aryl methyl sites for hydroxylation is 1. The van der Waals surface area contributed by atoms with Gasteiger partial charge in [0.25, 0.3) is 5.91 Å². The molecule has 8 heteroatoms. The van der Waals surface area contributed by atoms with Gasteiger partial charge in [-0.3, -0.25) is 4.79 Å². The summed E-state index contributed by atoms with van der Waals surface area (Å²) in [5, 5.41) is 17.9. The Morgan fingerprint density at radius 3 is 2.88 bits per heavy atom. The predicted octanol–water partition coefficient (Wildman–Crippen LogP) is 0.151. The van der Waals surface area contributed by atoms with Crippen LogP contribution >= 0.6 is 0 Å². The highest BCUT2D eigenvalue weighted by Crippen LogP contribution is 2.14. The average molecular weight is 239 g/mol. The maximum absolute atomic E-state index is 11.6. The monoisotopic (exact) mass is 239 g/mol. The van der Waals surface area contributed by atoms with E-state index in [0.29, 0.717) is 5.76 Å². The molecule has 0 fully saturated rings. The number of rotatable bonds is 3. The van der Waals surface area contributed by atoms with Crippen molar-refractivity contribution in [1.29, 1.82) is 0 Å². The largest absolute Gasteiger partial charge is 0.477 e. The molecule has 1 amide bonds. The van der Waals surface area contributed by atoms with Gasteiger partial charge in [0, 0.05) is 12.5 Å². The predicted molar refractivity (Wildman–Crippen MR) is 54.4 cm³/mol. The first-order chi connectivity index (χ1) is 8.06. The zero-order valence-electron chi connectivity index (χ0n) is 8.84. The van der Waals surface area contributed by atoms with Crippen molar-refractivity contribution in [2.45, 2.75) is 19.4 Å². The van der Waals surface area contributed by atoms with Gasteiger partial charge in [0.15, 0.2) is 11.5 Å². The second-order valence-corrected chi connectivity index (χ2v) is 3.45. The molecule has 1 unspecified atom stereocenters. The number of aliphatic carboxylic acids is 1. The summed E-state index contributed by atoms with van der Waals surface area (Å²) >= 11 is 0. The van der Waals surface area contributed by atoms with Gasteiger partial charge in [-0.15, -0.1) is 0 Å². The number of oxime groups is 1. The number of amides is 1. The van der Waals surface area contributed by atoms with Crippen LogP contribution in [0.1, 0.15) is 12.2 Å². The molecule has 17 heavy (non-hydrogen) atoms. The maximum Gasteiger partial charge on any atom is 0.353 e. The Balaban J connectivity index is 1.93. The van der Waals surface area contributed by atoms with Crippen molar-refractivity contribution < 1.29 is 24.1 Å². The van der Waals surface area contributed by atoms with Gasteiger partial charge < -0.3 is 19.8 Å². The fourth-order valence-electron chi connectivity index (χ4n) is 1.28. The number of hydrogen-bond donors (Lipinski definition) is 2. The molecule has 0 saturated heterocycles. The highest BCUT2D eigenvalue weighted by atomic mass is 16.6. The molecule has 1 aliphatic heterocycles. The Morgan fingerprint density at radius 1 is 1.59 bits per heavy atom. The quantitative estimate of drug-likeness (QED) is 0.776. The van der Waals surface area contributed by atoms with Crippen molar-refractivity contribution in [1.82, 2.24) is 5.16 Å². The molecule has 1 atom stereocenters. The standard InChI is InChI=1S/C9H9N3O5/c1-4-2-7(12-16-4)10-8(13)6-3-5(9(14)15)11-17-6/h2,6H,3H2,1H3,(H,14,15)(H,10,12,13). The van der Waals surface area contributed by atoms with Gasteiger partial charge in [-0.25, -0.2) is 4.79 Å². The van der Waals surface area contributed by atoms with E-state index in [4.69, 9.17) is 14.5 Å². The van der Waals surface area contributed by atoms with Gasteiger partial charge in [0.1, 0.15) is 5.76 Å². The molecule has 0 saturated carbocycles. The van der Waals surface area contributed by atoms with E-state index < -0.39 is 18.0 Å². The van der Waals surface area contributed by atoms with Crippen molar-refractivity contribution in [3.63, 3.8) is 0 Å². The normalized spacial score (nSPS) is 18.4. The molecular formula is C9H9N3O5. The second-order valence-electron chi connectivity index (χ2n) is 3.45. The molecule has 2 heterocycles. The van der Waals surface area contributed by atoms with Crippen LogP contribution in [0.5, 0.6) is 0 Å². The van der Waals surface area contributed by atoms with E-state index in [1.54, 1.807) is 6.92 Å². The van der Waals surface area contributed by atoms with Crippen LogP contribution in [-0.2, 0) is 14.4 Å². The third-order valence-electron chi connectivity index (χ3n) is 2.09. The number of anilines is 1. The lowest BCUT2D eigenvalue weighted by molar-refractivity contribution is -0.129. The Bertz CT molecular complexity index is 493. The first kappa shape index (κ1) is 11.1. The Labute approximate surface area is 95.2 Å². The number of nitrogens with zero attached hydrogens (tertiary/aromatic N) is 2. The van der Waals surface area contributed by atoms with Crippen LogP contribution in [0, 0.1) is 6.92 Å². The zero-order valence-corrected chi connectivity index (χ0v) is 8.84. The molecule has 0 radical (unpaired) electrons. The SMILES string of the molecule is Cc1cc(NC(=O)C2CC(C(=O)O)=NO2)no1.